The van der Waals surface area contributed by atoms with Crippen LogP contribution < -0.4 is 5.11 Å². The minimum absolute atomic E-state index is 0.211. The van der Waals surface area contributed by atoms with Crippen LogP contribution in [0.4, 0.5) is 0 Å². The average Bonchev–Trinajstić information content (AvgIpc) is 2.04. The van der Waals surface area contributed by atoms with Crippen LogP contribution in [0.5, 0.6) is 0 Å². The second-order valence-electron chi connectivity index (χ2n) is 2.96. The smallest absolute Gasteiger partial charge is 0.0510 e. The molecule has 2 nitrogen and oxygen atoms in total. The summed E-state index contributed by atoms with van der Waals surface area (Å²) in [6.07, 6.45) is 4.47. The Morgan fingerprint density at radius 2 is 1.92 bits per heavy atom. The van der Waals surface area contributed by atoms with E-state index in [1.165, 1.54) is 6.92 Å². The topological polar surface area (TPSA) is 46.8 Å². The number of hydrogen-bond acceptors (Lipinski definition) is 2. The Bertz CT molecular complexity index is 190. The molecule has 0 aliphatic heterocycles. The molecule has 66 valence electrons. The molecule has 0 amide bonds. The van der Waals surface area contributed by atoms with Crippen molar-refractivity contribution in [3.8, 4) is 6.07 Å². The van der Waals surface area contributed by atoms with Crippen molar-refractivity contribution in [2.24, 2.45) is 5.92 Å². The van der Waals surface area contributed by atoms with Crippen LogP contribution in [0.3, 0.4) is 0 Å². The van der Waals surface area contributed by atoms with E-state index in [-0.39, 0.29) is 5.92 Å². The SMILES string of the molecule is C=CCC(CC=C)[C@@](C)([O-])C#N. The second kappa shape index (κ2) is 4.74. The number of nitriles is 1. The fourth-order valence-electron chi connectivity index (χ4n) is 1.04. The summed E-state index contributed by atoms with van der Waals surface area (Å²) < 4.78 is 0. The fourth-order valence-corrected chi connectivity index (χ4v) is 1.04. The summed E-state index contributed by atoms with van der Waals surface area (Å²) in [5, 5.41) is 20.1. The van der Waals surface area contributed by atoms with Gasteiger partial charge in [-0.25, -0.2) is 0 Å². The molecule has 0 aromatic rings. The molecule has 0 aromatic heterocycles. The molecule has 0 N–H and O–H groups in total. The third-order valence-electron chi connectivity index (χ3n) is 1.90. The van der Waals surface area contributed by atoms with Gasteiger partial charge in [0.05, 0.1) is 6.07 Å². The van der Waals surface area contributed by atoms with Crippen LogP contribution in [0.15, 0.2) is 25.3 Å². The molecule has 0 fully saturated rings. The molecule has 0 spiro atoms. The van der Waals surface area contributed by atoms with Gasteiger partial charge in [0.1, 0.15) is 0 Å². The van der Waals surface area contributed by atoms with E-state index >= 15 is 0 Å². The molecule has 12 heavy (non-hydrogen) atoms. The molecule has 0 saturated carbocycles. The van der Waals surface area contributed by atoms with E-state index in [0.717, 1.165) is 0 Å². The molecular formula is C10H14NO-. The lowest BCUT2D eigenvalue weighted by atomic mass is 9.85. The van der Waals surface area contributed by atoms with Crippen molar-refractivity contribution >= 4 is 0 Å². The van der Waals surface area contributed by atoms with Crippen molar-refractivity contribution < 1.29 is 5.11 Å². The summed E-state index contributed by atoms with van der Waals surface area (Å²) >= 11 is 0. The normalized spacial score (nSPS) is 14.8. The van der Waals surface area contributed by atoms with Crippen LogP contribution in [0.1, 0.15) is 19.8 Å². The van der Waals surface area contributed by atoms with Crippen LogP contribution in [0, 0.1) is 17.2 Å². The van der Waals surface area contributed by atoms with Gasteiger partial charge in [-0.1, -0.05) is 19.1 Å². The van der Waals surface area contributed by atoms with Gasteiger partial charge in [-0.2, -0.15) is 5.26 Å². The van der Waals surface area contributed by atoms with Gasteiger partial charge in [-0.3, -0.25) is 0 Å². The highest BCUT2D eigenvalue weighted by atomic mass is 16.3. The molecular weight excluding hydrogens is 150 g/mol. The summed E-state index contributed by atoms with van der Waals surface area (Å²) in [4.78, 5) is 0. The summed E-state index contributed by atoms with van der Waals surface area (Å²) in [6.45, 7) is 8.50. The van der Waals surface area contributed by atoms with Gasteiger partial charge in [0.25, 0.3) is 0 Å². The molecule has 0 heterocycles. The van der Waals surface area contributed by atoms with Gasteiger partial charge >= 0.3 is 0 Å². The second-order valence-corrected chi connectivity index (χ2v) is 2.96. The minimum Gasteiger partial charge on any atom is -0.838 e. The van der Waals surface area contributed by atoms with Gasteiger partial charge in [0.15, 0.2) is 0 Å². The predicted molar refractivity (Wildman–Crippen MR) is 47.1 cm³/mol. The van der Waals surface area contributed by atoms with E-state index in [1.807, 2.05) is 0 Å². The van der Waals surface area contributed by atoms with Crippen molar-refractivity contribution in [3.05, 3.63) is 25.3 Å². The maximum Gasteiger partial charge on any atom is 0.0510 e. The largest absolute Gasteiger partial charge is 0.838 e. The van der Waals surface area contributed by atoms with E-state index in [0.29, 0.717) is 12.8 Å². The molecule has 0 unspecified atom stereocenters. The first-order valence-corrected chi connectivity index (χ1v) is 3.92. The maximum absolute atomic E-state index is 11.5. The summed E-state index contributed by atoms with van der Waals surface area (Å²) in [6, 6.07) is 1.76. The number of nitrogens with zero attached hydrogens (tertiary/aromatic N) is 1. The maximum atomic E-state index is 11.5. The third-order valence-corrected chi connectivity index (χ3v) is 1.90. The highest BCUT2D eigenvalue weighted by molar-refractivity contribution is 5.03. The van der Waals surface area contributed by atoms with Crippen molar-refractivity contribution in [2.45, 2.75) is 25.4 Å². The van der Waals surface area contributed by atoms with Crippen LogP contribution in [-0.2, 0) is 0 Å². The van der Waals surface area contributed by atoms with Crippen LogP contribution in [0.2, 0.25) is 0 Å². The molecule has 0 bridgehead atoms. The van der Waals surface area contributed by atoms with E-state index in [1.54, 1.807) is 18.2 Å². The fraction of sp³-hybridized carbons (Fsp3) is 0.500. The number of allylic oxidation sites excluding steroid dienone is 2. The van der Waals surface area contributed by atoms with Crippen molar-refractivity contribution in [2.75, 3.05) is 0 Å². The first-order chi connectivity index (χ1) is 5.58. The Balaban J connectivity index is 4.38. The van der Waals surface area contributed by atoms with Crippen LogP contribution >= 0.6 is 0 Å². The Morgan fingerprint density at radius 3 is 2.17 bits per heavy atom. The van der Waals surface area contributed by atoms with Crippen molar-refractivity contribution in [1.29, 1.82) is 5.26 Å². The molecule has 0 radical (unpaired) electrons. The zero-order chi connectivity index (χ0) is 9.61. The molecule has 2 heteroatoms. The van der Waals surface area contributed by atoms with Gasteiger partial charge < -0.3 is 5.11 Å². The monoisotopic (exact) mass is 164 g/mol. The Kier molecular flexibility index (Phi) is 4.31. The zero-order valence-electron chi connectivity index (χ0n) is 7.42. The highest BCUT2D eigenvalue weighted by Crippen LogP contribution is 2.21. The average molecular weight is 164 g/mol. The van der Waals surface area contributed by atoms with Crippen molar-refractivity contribution in [3.63, 3.8) is 0 Å². The molecule has 0 aliphatic rings. The molecule has 0 aromatic carbocycles. The van der Waals surface area contributed by atoms with E-state index in [9.17, 15) is 5.11 Å². The summed E-state index contributed by atoms with van der Waals surface area (Å²) in [7, 11) is 0. The molecule has 0 rings (SSSR count). The quantitative estimate of drug-likeness (QED) is 0.576. The Morgan fingerprint density at radius 1 is 1.50 bits per heavy atom. The first-order valence-electron chi connectivity index (χ1n) is 3.92. The lowest BCUT2D eigenvalue weighted by Gasteiger charge is -2.36. The van der Waals surface area contributed by atoms with Crippen LogP contribution in [-0.4, -0.2) is 5.60 Å². The Labute approximate surface area is 73.8 Å². The van der Waals surface area contributed by atoms with Crippen molar-refractivity contribution in [1.82, 2.24) is 0 Å². The first kappa shape index (κ1) is 10.9. The van der Waals surface area contributed by atoms with Crippen LogP contribution in [0.25, 0.3) is 0 Å². The third kappa shape index (κ3) is 2.89. The predicted octanol–water partition coefficient (Wildman–Crippen LogP) is 1.40. The summed E-state index contributed by atoms with van der Waals surface area (Å²) in [5.41, 5.74) is -1.53. The highest BCUT2D eigenvalue weighted by Gasteiger charge is 2.19. The number of rotatable bonds is 5. The van der Waals surface area contributed by atoms with Gasteiger partial charge in [-0.15, -0.1) is 13.2 Å². The summed E-state index contributed by atoms with van der Waals surface area (Å²) in [5.74, 6) is -0.211. The van der Waals surface area contributed by atoms with E-state index in [2.05, 4.69) is 13.2 Å². The van der Waals surface area contributed by atoms with E-state index < -0.39 is 5.60 Å². The number of hydrogen-bond donors (Lipinski definition) is 0. The standard InChI is InChI=1S/C10H14NO/c1-4-6-9(7-5-2)10(3,12)8-11/h4-5,9H,1-2,6-7H2,3H3/q-1/t10-/m0/s1. The van der Waals surface area contributed by atoms with E-state index in [4.69, 9.17) is 5.26 Å². The van der Waals surface area contributed by atoms with Gasteiger partial charge in [-0.05, 0) is 24.4 Å². The lowest BCUT2D eigenvalue weighted by Crippen LogP contribution is -2.46. The van der Waals surface area contributed by atoms with Gasteiger partial charge in [0, 0.05) is 0 Å². The Hall–Kier alpha value is -1.07. The molecule has 1 atom stereocenters. The lowest BCUT2D eigenvalue weighted by molar-refractivity contribution is -0.463. The van der Waals surface area contributed by atoms with Gasteiger partial charge in [0.2, 0.25) is 0 Å². The minimum atomic E-state index is -1.53. The zero-order valence-corrected chi connectivity index (χ0v) is 7.42. The molecule has 0 saturated heterocycles. The molecule has 0 aliphatic carbocycles.